The Morgan fingerprint density at radius 3 is 2.40 bits per heavy atom. The Morgan fingerprint density at radius 2 is 1.90 bits per heavy atom. The number of nitrogens with one attached hydrogen (secondary N) is 1. The molecule has 0 aromatic heterocycles. The molecule has 1 rings (SSSR count). The van der Waals surface area contributed by atoms with E-state index in [0.29, 0.717) is 5.75 Å². The summed E-state index contributed by atoms with van der Waals surface area (Å²) >= 11 is 0. The molecule has 0 radical (unpaired) electrons. The highest BCUT2D eigenvalue weighted by Gasteiger charge is 2.17. The largest absolute Gasteiger partial charge is 0.484 e. The third kappa shape index (κ3) is 5.21. The highest BCUT2D eigenvalue weighted by Crippen LogP contribution is 2.18. The molecule has 1 amide bonds. The van der Waals surface area contributed by atoms with E-state index in [1.165, 1.54) is 0 Å². The molecule has 3 N–H and O–H groups in total. The van der Waals surface area contributed by atoms with Crippen LogP contribution in [0.3, 0.4) is 0 Å². The van der Waals surface area contributed by atoms with Crippen molar-refractivity contribution in [1.82, 2.24) is 5.32 Å². The van der Waals surface area contributed by atoms with Crippen molar-refractivity contribution in [3.8, 4) is 5.75 Å². The molecular formula is C16H26N2O2. The third-order valence-electron chi connectivity index (χ3n) is 3.48. The second-order valence-electron chi connectivity index (χ2n) is 5.66. The normalized spacial score (nSPS) is 12.8. The number of ether oxygens (including phenoxy) is 1. The molecule has 1 atom stereocenters. The molecule has 112 valence electrons. The quantitative estimate of drug-likeness (QED) is 0.806. The molecule has 0 aliphatic carbocycles. The SMILES string of the molecule is CC[C@@H](N)c1ccc(OCC(=O)NC(C)(C)CC)cc1. The number of rotatable bonds is 7. The molecule has 0 aliphatic heterocycles. The van der Waals surface area contributed by atoms with Gasteiger partial charge in [-0.25, -0.2) is 0 Å². The van der Waals surface area contributed by atoms with E-state index in [1.807, 2.05) is 45.0 Å². The van der Waals surface area contributed by atoms with Gasteiger partial charge in [0.15, 0.2) is 6.61 Å². The Bertz CT molecular complexity index is 427. The van der Waals surface area contributed by atoms with Gasteiger partial charge >= 0.3 is 0 Å². The van der Waals surface area contributed by atoms with Crippen molar-refractivity contribution in [2.24, 2.45) is 5.73 Å². The molecule has 0 saturated heterocycles. The van der Waals surface area contributed by atoms with Gasteiger partial charge in [-0.2, -0.15) is 0 Å². The summed E-state index contributed by atoms with van der Waals surface area (Å²) in [5.74, 6) is 0.577. The first-order chi connectivity index (χ1) is 9.38. The van der Waals surface area contributed by atoms with Gasteiger partial charge in [0.2, 0.25) is 0 Å². The first kappa shape index (κ1) is 16.5. The number of hydrogen-bond acceptors (Lipinski definition) is 3. The number of nitrogens with two attached hydrogens (primary N) is 1. The van der Waals surface area contributed by atoms with Gasteiger partial charge in [-0.05, 0) is 44.4 Å². The van der Waals surface area contributed by atoms with Crippen LogP contribution < -0.4 is 15.8 Å². The maximum absolute atomic E-state index is 11.8. The van der Waals surface area contributed by atoms with Gasteiger partial charge in [0.05, 0.1) is 0 Å². The van der Waals surface area contributed by atoms with Gasteiger partial charge in [0.25, 0.3) is 5.91 Å². The highest BCUT2D eigenvalue weighted by atomic mass is 16.5. The number of benzene rings is 1. The van der Waals surface area contributed by atoms with Crippen LogP contribution in [0.25, 0.3) is 0 Å². The van der Waals surface area contributed by atoms with E-state index in [1.54, 1.807) is 0 Å². The molecule has 0 aliphatic rings. The summed E-state index contributed by atoms with van der Waals surface area (Å²) < 4.78 is 5.47. The summed E-state index contributed by atoms with van der Waals surface area (Å²) in [6.45, 7) is 8.10. The lowest BCUT2D eigenvalue weighted by Crippen LogP contribution is -2.44. The van der Waals surface area contributed by atoms with Crippen LogP contribution >= 0.6 is 0 Å². The molecule has 0 unspecified atom stereocenters. The van der Waals surface area contributed by atoms with Crippen LogP contribution in [0, 0.1) is 0 Å². The van der Waals surface area contributed by atoms with Crippen LogP contribution in [-0.2, 0) is 4.79 Å². The molecule has 1 aromatic carbocycles. The summed E-state index contributed by atoms with van der Waals surface area (Å²) in [5, 5.41) is 2.93. The fraction of sp³-hybridized carbons (Fsp3) is 0.562. The van der Waals surface area contributed by atoms with E-state index in [9.17, 15) is 4.79 Å². The predicted molar refractivity (Wildman–Crippen MR) is 81.7 cm³/mol. The van der Waals surface area contributed by atoms with E-state index < -0.39 is 0 Å². The summed E-state index contributed by atoms with van der Waals surface area (Å²) in [4.78, 5) is 11.8. The maximum Gasteiger partial charge on any atom is 0.258 e. The van der Waals surface area contributed by atoms with Crippen molar-refractivity contribution in [2.75, 3.05) is 6.61 Å². The minimum absolute atomic E-state index is 0.0304. The molecule has 4 heteroatoms. The molecule has 20 heavy (non-hydrogen) atoms. The van der Waals surface area contributed by atoms with E-state index in [4.69, 9.17) is 10.5 Å². The zero-order valence-corrected chi connectivity index (χ0v) is 12.9. The van der Waals surface area contributed by atoms with Crippen molar-refractivity contribution in [2.45, 2.75) is 52.1 Å². The number of carbonyl (C=O) groups is 1. The Balaban J connectivity index is 2.48. The molecular weight excluding hydrogens is 252 g/mol. The van der Waals surface area contributed by atoms with Gasteiger partial charge in [-0.1, -0.05) is 26.0 Å². The van der Waals surface area contributed by atoms with Gasteiger partial charge in [-0.15, -0.1) is 0 Å². The zero-order chi connectivity index (χ0) is 15.2. The number of carbonyl (C=O) groups excluding carboxylic acids is 1. The highest BCUT2D eigenvalue weighted by molar-refractivity contribution is 5.78. The second-order valence-corrected chi connectivity index (χ2v) is 5.66. The number of amides is 1. The van der Waals surface area contributed by atoms with Crippen molar-refractivity contribution >= 4 is 5.91 Å². The molecule has 0 fully saturated rings. The Labute approximate surface area is 121 Å². The average Bonchev–Trinajstić information content (AvgIpc) is 2.44. The third-order valence-corrected chi connectivity index (χ3v) is 3.48. The molecule has 0 spiro atoms. The molecule has 1 aromatic rings. The standard InChI is InChI=1S/C16H26N2O2/c1-5-14(17)12-7-9-13(10-8-12)20-11-15(19)18-16(3,4)6-2/h7-10,14H,5-6,11,17H2,1-4H3,(H,18,19)/t14-/m1/s1. The smallest absolute Gasteiger partial charge is 0.258 e. The Hall–Kier alpha value is -1.55. The van der Waals surface area contributed by atoms with E-state index >= 15 is 0 Å². The predicted octanol–water partition coefficient (Wildman–Crippen LogP) is 2.78. The van der Waals surface area contributed by atoms with Crippen molar-refractivity contribution < 1.29 is 9.53 Å². The first-order valence-electron chi connectivity index (χ1n) is 7.17. The minimum Gasteiger partial charge on any atom is -0.484 e. The lowest BCUT2D eigenvalue weighted by atomic mass is 10.0. The van der Waals surface area contributed by atoms with Crippen molar-refractivity contribution in [3.05, 3.63) is 29.8 Å². The summed E-state index contributed by atoms with van der Waals surface area (Å²) in [6, 6.07) is 7.64. The number of hydrogen-bond donors (Lipinski definition) is 2. The van der Waals surface area contributed by atoms with E-state index in [0.717, 1.165) is 18.4 Å². The topological polar surface area (TPSA) is 64.3 Å². The van der Waals surface area contributed by atoms with E-state index in [-0.39, 0.29) is 24.1 Å². The van der Waals surface area contributed by atoms with Gasteiger partial charge in [-0.3, -0.25) is 4.79 Å². The van der Waals surface area contributed by atoms with Crippen LogP contribution in [0.2, 0.25) is 0 Å². The summed E-state index contributed by atoms with van der Waals surface area (Å²) in [6.07, 6.45) is 1.77. The lowest BCUT2D eigenvalue weighted by Gasteiger charge is -2.24. The average molecular weight is 278 g/mol. The van der Waals surface area contributed by atoms with Crippen LogP contribution in [0.1, 0.15) is 52.1 Å². The first-order valence-corrected chi connectivity index (χ1v) is 7.17. The van der Waals surface area contributed by atoms with Crippen LogP contribution in [-0.4, -0.2) is 18.1 Å². The van der Waals surface area contributed by atoms with Crippen molar-refractivity contribution in [3.63, 3.8) is 0 Å². The molecule has 0 bridgehead atoms. The lowest BCUT2D eigenvalue weighted by molar-refractivity contribution is -0.124. The van der Waals surface area contributed by atoms with Crippen molar-refractivity contribution in [1.29, 1.82) is 0 Å². The van der Waals surface area contributed by atoms with Crippen LogP contribution in [0.15, 0.2) is 24.3 Å². The molecule has 0 heterocycles. The second kappa shape index (κ2) is 7.29. The molecule has 4 nitrogen and oxygen atoms in total. The van der Waals surface area contributed by atoms with Gasteiger partial charge in [0, 0.05) is 11.6 Å². The summed E-state index contributed by atoms with van der Waals surface area (Å²) in [5.41, 5.74) is 6.83. The molecule has 0 saturated carbocycles. The fourth-order valence-electron chi connectivity index (χ4n) is 1.70. The van der Waals surface area contributed by atoms with Gasteiger partial charge in [0.1, 0.15) is 5.75 Å². The van der Waals surface area contributed by atoms with Crippen LogP contribution in [0.4, 0.5) is 0 Å². The van der Waals surface area contributed by atoms with Crippen LogP contribution in [0.5, 0.6) is 5.75 Å². The Kier molecular flexibility index (Phi) is 6.02. The fourth-order valence-corrected chi connectivity index (χ4v) is 1.70. The summed E-state index contributed by atoms with van der Waals surface area (Å²) in [7, 11) is 0. The minimum atomic E-state index is -0.196. The monoisotopic (exact) mass is 278 g/mol. The maximum atomic E-state index is 11.8. The Morgan fingerprint density at radius 1 is 1.30 bits per heavy atom. The van der Waals surface area contributed by atoms with Gasteiger partial charge < -0.3 is 15.8 Å². The van der Waals surface area contributed by atoms with E-state index in [2.05, 4.69) is 12.2 Å². The zero-order valence-electron chi connectivity index (χ0n) is 12.9.